The minimum absolute atomic E-state index is 0.0518. The Bertz CT molecular complexity index is 796. The average Bonchev–Trinajstić information content (AvgIpc) is 2.73. The fourth-order valence-corrected chi connectivity index (χ4v) is 4.07. The molecule has 2 aromatic carbocycles. The number of amides is 1. The highest BCUT2D eigenvalue weighted by atomic mass is 16.2. The number of rotatable bonds is 6. The zero-order chi connectivity index (χ0) is 20.1. The number of carbonyl (C=O) groups is 1. The van der Waals surface area contributed by atoms with Gasteiger partial charge < -0.3 is 15.1 Å². The van der Waals surface area contributed by atoms with Crippen LogP contribution in [0.5, 0.6) is 0 Å². The van der Waals surface area contributed by atoms with Crippen molar-refractivity contribution >= 4 is 17.3 Å². The molecule has 0 saturated carbocycles. The van der Waals surface area contributed by atoms with Gasteiger partial charge in [-0.3, -0.25) is 4.79 Å². The van der Waals surface area contributed by atoms with E-state index < -0.39 is 0 Å². The van der Waals surface area contributed by atoms with E-state index in [1.165, 1.54) is 21.7 Å². The van der Waals surface area contributed by atoms with Gasteiger partial charge in [-0.2, -0.15) is 0 Å². The molecule has 4 heteroatoms. The molecule has 0 spiro atoms. The molecule has 2 aromatic rings. The monoisotopic (exact) mass is 380 g/mol. The summed E-state index contributed by atoms with van der Waals surface area (Å²) in [5.41, 5.74) is 4.83. The third kappa shape index (κ3) is 4.56. The van der Waals surface area contributed by atoms with Crippen LogP contribution in [0.2, 0.25) is 0 Å². The second-order valence-electron chi connectivity index (χ2n) is 8.04. The van der Waals surface area contributed by atoms with Crippen molar-refractivity contribution in [1.82, 2.24) is 0 Å². The number of anilines is 2. The van der Waals surface area contributed by atoms with Crippen molar-refractivity contribution in [2.24, 2.45) is 0 Å². The third-order valence-electron chi connectivity index (χ3n) is 6.23. The maximum atomic E-state index is 12.9. The Morgan fingerprint density at radius 2 is 1.71 bits per heavy atom. The normalized spacial score (nSPS) is 17.2. The maximum absolute atomic E-state index is 12.9. The lowest BCUT2D eigenvalue weighted by molar-refractivity contribution is -0.914. The zero-order valence-corrected chi connectivity index (χ0v) is 17.7. The average molecular weight is 381 g/mol. The highest BCUT2D eigenvalue weighted by molar-refractivity contribution is 5.94. The molecule has 1 aliphatic rings. The van der Waals surface area contributed by atoms with E-state index in [1.807, 2.05) is 12.1 Å². The van der Waals surface area contributed by atoms with E-state index in [1.54, 1.807) is 0 Å². The number of hydrogen-bond donors (Lipinski definition) is 2. The van der Waals surface area contributed by atoms with Gasteiger partial charge in [-0.15, -0.1) is 0 Å². The van der Waals surface area contributed by atoms with Crippen molar-refractivity contribution < 1.29 is 9.69 Å². The van der Waals surface area contributed by atoms with Crippen LogP contribution in [-0.2, 0) is 4.79 Å². The lowest BCUT2D eigenvalue weighted by Gasteiger charge is -2.36. The van der Waals surface area contributed by atoms with Gasteiger partial charge in [0.05, 0.1) is 26.2 Å². The van der Waals surface area contributed by atoms with Gasteiger partial charge in [0, 0.05) is 11.4 Å². The van der Waals surface area contributed by atoms with E-state index in [-0.39, 0.29) is 11.9 Å². The number of aryl methyl sites for hydroxylation is 1. The SMILES string of the molecule is CC[C@@H](C)c1ccccc1NC(=O)[C@@H](C)[NH+]1CCN(c2ccccc2C)CC1. The standard InChI is InChI=1S/C24H33N3O/c1-5-18(2)21-11-7-8-12-22(21)25-24(28)20(4)26-14-16-27(17-15-26)23-13-9-6-10-19(23)3/h6-13,18,20H,5,14-17H2,1-4H3,(H,25,28)/p+1/t18-,20-/m1/s1. The van der Waals surface area contributed by atoms with Crippen LogP contribution in [0, 0.1) is 6.92 Å². The summed E-state index contributed by atoms with van der Waals surface area (Å²) >= 11 is 0. The highest BCUT2D eigenvalue weighted by Crippen LogP contribution is 2.26. The zero-order valence-electron chi connectivity index (χ0n) is 17.7. The molecule has 0 aromatic heterocycles. The van der Waals surface area contributed by atoms with Gasteiger partial charge in [-0.1, -0.05) is 50.2 Å². The van der Waals surface area contributed by atoms with Crippen molar-refractivity contribution in [2.45, 2.75) is 46.1 Å². The Balaban J connectivity index is 1.60. The summed E-state index contributed by atoms with van der Waals surface area (Å²) in [7, 11) is 0. The molecule has 0 radical (unpaired) electrons. The van der Waals surface area contributed by atoms with E-state index >= 15 is 0 Å². The molecular formula is C24H34N3O+. The third-order valence-corrected chi connectivity index (χ3v) is 6.23. The highest BCUT2D eigenvalue weighted by Gasteiger charge is 2.30. The summed E-state index contributed by atoms with van der Waals surface area (Å²) in [5.74, 6) is 0.562. The van der Waals surface area contributed by atoms with Crippen LogP contribution in [0.25, 0.3) is 0 Å². The van der Waals surface area contributed by atoms with Crippen molar-refractivity contribution in [3.05, 3.63) is 59.7 Å². The number of carbonyl (C=O) groups excluding carboxylic acids is 1. The molecule has 150 valence electrons. The summed E-state index contributed by atoms with van der Waals surface area (Å²) in [4.78, 5) is 16.7. The molecular weight excluding hydrogens is 346 g/mol. The lowest BCUT2D eigenvalue weighted by atomic mass is 9.97. The minimum atomic E-state index is -0.0518. The Kier molecular flexibility index (Phi) is 6.74. The summed E-state index contributed by atoms with van der Waals surface area (Å²) in [6, 6.07) is 16.7. The molecule has 1 amide bonds. The van der Waals surface area contributed by atoms with Crippen LogP contribution in [0.4, 0.5) is 11.4 Å². The van der Waals surface area contributed by atoms with Crippen molar-refractivity contribution in [1.29, 1.82) is 0 Å². The lowest BCUT2D eigenvalue weighted by Crippen LogP contribution is -3.19. The predicted molar refractivity (Wildman–Crippen MR) is 117 cm³/mol. The largest absolute Gasteiger partial charge is 0.360 e. The number of nitrogens with one attached hydrogen (secondary N) is 2. The van der Waals surface area contributed by atoms with Gasteiger partial charge in [-0.25, -0.2) is 0 Å². The van der Waals surface area contributed by atoms with E-state index in [0.717, 1.165) is 38.3 Å². The molecule has 28 heavy (non-hydrogen) atoms. The van der Waals surface area contributed by atoms with Crippen LogP contribution < -0.4 is 15.1 Å². The molecule has 0 unspecified atom stereocenters. The first-order chi connectivity index (χ1) is 13.5. The number of nitrogens with zero attached hydrogens (tertiary/aromatic N) is 1. The Labute approximate surface area is 169 Å². The van der Waals surface area contributed by atoms with Gasteiger partial charge in [0.25, 0.3) is 5.91 Å². The van der Waals surface area contributed by atoms with Gasteiger partial charge in [0.1, 0.15) is 0 Å². The molecule has 2 N–H and O–H groups in total. The summed E-state index contributed by atoms with van der Waals surface area (Å²) in [6.07, 6.45) is 1.06. The Hall–Kier alpha value is -2.33. The van der Waals surface area contributed by atoms with E-state index in [2.05, 4.69) is 74.3 Å². The van der Waals surface area contributed by atoms with Crippen LogP contribution in [-0.4, -0.2) is 38.1 Å². The maximum Gasteiger partial charge on any atom is 0.282 e. The minimum Gasteiger partial charge on any atom is -0.360 e. The van der Waals surface area contributed by atoms with Crippen molar-refractivity contribution in [3.63, 3.8) is 0 Å². The van der Waals surface area contributed by atoms with Crippen molar-refractivity contribution in [2.75, 3.05) is 36.4 Å². The topological polar surface area (TPSA) is 36.8 Å². The molecule has 1 aliphatic heterocycles. The molecule has 1 heterocycles. The smallest absolute Gasteiger partial charge is 0.282 e. The summed E-state index contributed by atoms with van der Waals surface area (Å²) in [6.45, 7) is 12.6. The van der Waals surface area contributed by atoms with E-state index in [0.29, 0.717) is 5.92 Å². The molecule has 2 atom stereocenters. The molecule has 3 rings (SSSR count). The first-order valence-electron chi connectivity index (χ1n) is 10.6. The molecule has 4 nitrogen and oxygen atoms in total. The van der Waals surface area contributed by atoms with Gasteiger partial charge >= 0.3 is 0 Å². The molecule has 1 fully saturated rings. The summed E-state index contributed by atoms with van der Waals surface area (Å²) < 4.78 is 0. The first-order valence-corrected chi connectivity index (χ1v) is 10.6. The van der Waals surface area contributed by atoms with Crippen LogP contribution in [0.1, 0.15) is 44.2 Å². The van der Waals surface area contributed by atoms with Crippen molar-refractivity contribution in [3.8, 4) is 0 Å². The molecule has 0 aliphatic carbocycles. The van der Waals surface area contributed by atoms with Gasteiger partial charge in [-0.05, 0) is 49.4 Å². The summed E-state index contributed by atoms with van der Waals surface area (Å²) in [5, 5.41) is 3.20. The second-order valence-corrected chi connectivity index (χ2v) is 8.04. The number of quaternary nitrogens is 1. The predicted octanol–water partition coefficient (Wildman–Crippen LogP) is 3.24. The quantitative estimate of drug-likeness (QED) is 0.807. The fourth-order valence-electron chi connectivity index (χ4n) is 4.07. The number of para-hydroxylation sites is 2. The van der Waals surface area contributed by atoms with Crippen LogP contribution in [0.3, 0.4) is 0 Å². The van der Waals surface area contributed by atoms with E-state index in [4.69, 9.17) is 0 Å². The molecule has 0 bridgehead atoms. The second kappa shape index (κ2) is 9.24. The van der Waals surface area contributed by atoms with Crippen LogP contribution in [0.15, 0.2) is 48.5 Å². The number of piperazine rings is 1. The van der Waals surface area contributed by atoms with Crippen LogP contribution >= 0.6 is 0 Å². The molecule has 1 saturated heterocycles. The Morgan fingerprint density at radius 1 is 1.07 bits per heavy atom. The Morgan fingerprint density at radius 3 is 2.39 bits per heavy atom. The number of benzene rings is 2. The first kappa shape index (κ1) is 20.4. The fraction of sp³-hybridized carbons (Fsp3) is 0.458. The van der Waals surface area contributed by atoms with Gasteiger partial charge in [0.2, 0.25) is 0 Å². The van der Waals surface area contributed by atoms with Gasteiger partial charge in [0.15, 0.2) is 6.04 Å². The van der Waals surface area contributed by atoms with E-state index in [9.17, 15) is 4.79 Å². The number of hydrogen-bond acceptors (Lipinski definition) is 2.